The van der Waals surface area contributed by atoms with Gasteiger partial charge in [0, 0.05) is 10.6 Å². The number of thiophene rings is 1. The molecule has 0 aliphatic carbocycles. The lowest BCUT2D eigenvalue weighted by molar-refractivity contribution is 0.146. The van der Waals surface area contributed by atoms with E-state index < -0.39 is 16.2 Å². The van der Waals surface area contributed by atoms with Gasteiger partial charge in [0.05, 0.1) is 4.90 Å². The molecule has 4 N–H and O–H groups in total. The number of carbonyl (C=O) groups is 1. The van der Waals surface area contributed by atoms with Crippen molar-refractivity contribution in [2.45, 2.75) is 11.8 Å². The van der Waals surface area contributed by atoms with Crippen LogP contribution < -0.4 is 15.2 Å². The van der Waals surface area contributed by atoms with Crippen LogP contribution in [0.15, 0.2) is 59.5 Å². The molecule has 0 radical (unpaired) electrons. The van der Waals surface area contributed by atoms with E-state index in [0.717, 1.165) is 16.9 Å². The number of benzene rings is 2. The van der Waals surface area contributed by atoms with E-state index in [1.807, 2.05) is 0 Å². The van der Waals surface area contributed by atoms with Crippen LogP contribution in [0.3, 0.4) is 0 Å². The molecule has 0 saturated carbocycles. The molecular formula is C18H16N2O5S2. The van der Waals surface area contributed by atoms with Crippen molar-refractivity contribution in [1.82, 2.24) is 0 Å². The number of sulfonamides is 1. The third-order valence-electron chi connectivity index (χ3n) is 3.70. The number of ether oxygens (including phenoxy) is 1. The molecule has 0 amide bonds. The van der Waals surface area contributed by atoms with Gasteiger partial charge in [-0.25, -0.2) is 13.2 Å². The van der Waals surface area contributed by atoms with Crippen molar-refractivity contribution in [2.75, 3.05) is 10.5 Å². The van der Waals surface area contributed by atoms with Gasteiger partial charge in [-0.3, -0.25) is 4.72 Å². The van der Waals surface area contributed by atoms with Crippen LogP contribution in [-0.4, -0.2) is 19.7 Å². The summed E-state index contributed by atoms with van der Waals surface area (Å²) in [6.45, 7) is 1.68. The number of aryl methyl sites for hydroxylation is 1. The number of nitrogens with one attached hydrogen (secondary N) is 1. The maximum Gasteiger partial charge on any atom is 0.512 e. The first kappa shape index (κ1) is 18.7. The largest absolute Gasteiger partial charge is 0.512 e. The van der Waals surface area contributed by atoms with Gasteiger partial charge in [0.15, 0.2) is 0 Å². The number of rotatable bonds is 5. The van der Waals surface area contributed by atoms with Crippen LogP contribution in [0.5, 0.6) is 5.06 Å². The molecule has 3 rings (SSSR count). The lowest BCUT2D eigenvalue weighted by Gasteiger charge is -2.10. The summed E-state index contributed by atoms with van der Waals surface area (Å²) in [7, 11) is -3.91. The molecule has 0 spiro atoms. The molecule has 0 aliphatic heterocycles. The number of nitrogens with two attached hydrogens (primary N) is 1. The summed E-state index contributed by atoms with van der Waals surface area (Å²) in [5.41, 5.74) is 7.64. The van der Waals surface area contributed by atoms with E-state index in [2.05, 4.69) is 4.72 Å². The third-order valence-corrected chi connectivity index (χ3v) is 6.29. The van der Waals surface area contributed by atoms with E-state index in [-0.39, 0.29) is 15.6 Å². The van der Waals surface area contributed by atoms with Gasteiger partial charge in [-0.2, -0.15) is 0 Å². The molecule has 0 atom stereocenters. The molecule has 0 unspecified atom stereocenters. The highest BCUT2D eigenvalue weighted by atomic mass is 32.2. The molecular weight excluding hydrogens is 388 g/mol. The number of nitrogen functional groups attached to an aromatic ring is 1. The standard InChI is InChI=1S/C18H16N2O5S2/c1-11-4-2-3-5-16(11)27(23,24)20-14-10-15(26-17(14)25-18(21)22)12-6-8-13(19)9-7-12/h2-10,20H,19H2,1H3,(H,21,22). The van der Waals surface area contributed by atoms with E-state index in [9.17, 15) is 13.2 Å². The predicted molar refractivity (Wildman–Crippen MR) is 105 cm³/mol. The van der Waals surface area contributed by atoms with E-state index in [4.69, 9.17) is 15.6 Å². The Morgan fingerprint density at radius 1 is 1.15 bits per heavy atom. The quantitative estimate of drug-likeness (QED) is 0.434. The molecule has 27 heavy (non-hydrogen) atoms. The summed E-state index contributed by atoms with van der Waals surface area (Å²) in [6, 6.07) is 14.9. The van der Waals surface area contributed by atoms with Crippen LogP contribution in [0.4, 0.5) is 16.2 Å². The van der Waals surface area contributed by atoms with Crippen molar-refractivity contribution >= 4 is 38.9 Å². The molecule has 9 heteroatoms. The topological polar surface area (TPSA) is 119 Å². The maximum atomic E-state index is 12.7. The van der Waals surface area contributed by atoms with Crippen molar-refractivity contribution in [3.05, 3.63) is 60.2 Å². The normalized spacial score (nSPS) is 11.1. The average Bonchev–Trinajstić information content (AvgIpc) is 2.97. The summed E-state index contributed by atoms with van der Waals surface area (Å²) >= 11 is 1.02. The van der Waals surface area contributed by atoms with Crippen LogP contribution in [0.25, 0.3) is 10.4 Å². The third kappa shape index (κ3) is 4.21. The fraction of sp³-hybridized carbons (Fsp3) is 0.0556. The molecule has 0 bridgehead atoms. The first-order valence-electron chi connectivity index (χ1n) is 7.75. The summed E-state index contributed by atoms with van der Waals surface area (Å²) in [4.78, 5) is 11.7. The van der Waals surface area contributed by atoms with Crippen molar-refractivity contribution in [1.29, 1.82) is 0 Å². The smallest absolute Gasteiger partial charge is 0.449 e. The summed E-state index contributed by atoms with van der Waals surface area (Å²) in [5.74, 6) is 0. The Balaban J connectivity index is 2.02. The SMILES string of the molecule is Cc1ccccc1S(=O)(=O)Nc1cc(-c2ccc(N)cc2)sc1OC(=O)O. The lowest BCUT2D eigenvalue weighted by Crippen LogP contribution is -2.15. The van der Waals surface area contributed by atoms with Gasteiger partial charge in [0.1, 0.15) is 5.69 Å². The Morgan fingerprint density at radius 2 is 1.81 bits per heavy atom. The van der Waals surface area contributed by atoms with E-state index in [1.54, 1.807) is 49.4 Å². The Morgan fingerprint density at radius 3 is 2.44 bits per heavy atom. The minimum absolute atomic E-state index is 0.0532. The zero-order chi connectivity index (χ0) is 19.6. The second-order valence-corrected chi connectivity index (χ2v) is 8.34. The maximum absolute atomic E-state index is 12.7. The average molecular weight is 404 g/mol. The Hall–Kier alpha value is -3.04. The van der Waals surface area contributed by atoms with E-state index in [0.29, 0.717) is 16.1 Å². The van der Waals surface area contributed by atoms with Crippen LogP contribution in [0.2, 0.25) is 0 Å². The molecule has 3 aromatic rings. The molecule has 1 heterocycles. The molecule has 0 aliphatic rings. The number of carboxylic acid groups (broad SMARTS) is 1. The second-order valence-electron chi connectivity index (χ2n) is 5.67. The highest BCUT2D eigenvalue weighted by Gasteiger charge is 2.22. The molecule has 1 aromatic heterocycles. The summed E-state index contributed by atoms with van der Waals surface area (Å²) in [6.07, 6.45) is -1.53. The molecule has 2 aromatic carbocycles. The monoisotopic (exact) mass is 404 g/mol. The minimum Gasteiger partial charge on any atom is -0.449 e. The molecule has 7 nitrogen and oxygen atoms in total. The second kappa shape index (κ2) is 7.29. The van der Waals surface area contributed by atoms with Gasteiger partial charge >= 0.3 is 6.16 Å². The summed E-state index contributed by atoms with van der Waals surface area (Å²) < 4.78 is 32.6. The number of hydrogen-bond donors (Lipinski definition) is 3. The predicted octanol–water partition coefficient (Wildman–Crippen LogP) is 4.16. The fourth-order valence-corrected chi connectivity index (χ4v) is 4.78. The highest BCUT2D eigenvalue weighted by Crippen LogP contribution is 2.42. The van der Waals surface area contributed by atoms with Gasteiger partial charge in [-0.05, 0) is 42.3 Å². The number of hydrogen-bond acceptors (Lipinski definition) is 6. The van der Waals surface area contributed by atoms with Crippen molar-refractivity contribution < 1.29 is 23.1 Å². The van der Waals surface area contributed by atoms with Crippen molar-refractivity contribution in [2.24, 2.45) is 0 Å². The fourth-order valence-electron chi connectivity index (χ4n) is 2.45. The van der Waals surface area contributed by atoms with E-state index in [1.165, 1.54) is 12.1 Å². The van der Waals surface area contributed by atoms with Gasteiger partial charge in [-0.1, -0.05) is 41.7 Å². The zero-order valence-electron chi connectivity index (χ0n) is 14.2. The summed E-state index contributed by atoms with van der Waals surface area (Å²) in [5, 5.41) is 8.89. The van der Waals surface area contributed by atoms with Crippen LogP contribution in [0, 0.1) is 6.92 Å². The Kier molecular flexibility index (Phi) is 5.06. The van der Waals surface area contributed by atoms with Gasteiger partial charge in [0.2, 0.25) is 5.06 Å². The van der Waals surface area contributed by atoms with Crippen molar-refractivity contribution in [3.63, 3.8) is 0 Å². The van der Waals surface area contributed by atoms with Crippen LogP contribution in [-0.2, 0) is 10.0 Å². The van der Waals surface area contributed by atoms with Crippen LogP contribution >= 0.6 is 11.3 Å². The van der Waals surface area contributed by atoms with E-state index >= 15 is 0 Å². The zero-order valence-corrected chi connectivity index (χ0v) is 15.8. The first-order chi connectivity index (χ1) is 12.8. The van der Waals surface area contributed by atoms with Gasteiger partial charge < -0.3 is 15.6 Å². The van der Waals surface area contributed by atoms with Crippen LogP contribution in [0.1, 0.15) is 5.56 Å². The highest BCUT2D eigenvalue weighted by molar-refractivity contribution is 7.92. The molecule has 0 saturated heterocycles. The Labute approximate surface area is 160 Å². The Bertz CT molecular complexity index is 1090. The van der Waals surface area contributed by atoms with Gasteiger partial charge in [-0.15, -0.1) is 0 Å². The first-order valence-corrected chi connectivity index (χ1v) is 10.1. The van der Waals surface area contributed by atoms with Gasteiger partial charge in [0.25, 0.3) is 10.0 Å². The lowest BCUT2D eigenvalue weighted by atomic mass is 10.2. The van der Waals surface area contributed by atoms with Crippen molar-refractivity contribution in [3.8, 4) is 15.5 Å². The number of anilines is 2. The molecule has 140 valence electrons. The molecule has 0 fully saturated rings. The minimum atomic E-state index is -3.91.